The van der Waals surface area contributed by atoms with Crippen molar-refractivity contribution in [3.8, 4) is 22.6 Å². The lowest BCUT2D eigenvalue weighted by Crippen LogP contribution is -2.23. The Morgan fingerprint density at radius 3 is 2.50 bits per heavy atom. The quantitative estimate of drug-likeness (QED) is 0.422. The second kappa shape index (κ2) is 9.96. The molecule has 1 N–H and O–H groups in total. The van der Waals surface area contributed by atoms with Gasteiger partial charge in [0.1, 0.15) is 0 Å². The monoisotopic (exact) mass is 426 g/mol. The number of aryl methyl sites for hydroxylation is 1. The van der Waals surface area contributed by atoms with Gasteiger partial charge in [0, 0.05) is 30.7 Å². The van der Waals surface area contributed by atoms with Gasteiger partial charge in [-0.3, -0.25) is 9.78 Å². The Labute approximate surface area is 188 Å². The fourth-order valence-corrected chi connectivity index (χ4v) is 3.84. The van der Waals surface area contributed by atoms with Crippen molar-refractivity contribution >= 4 is 16.7 Å². The molecule has 0 aliphatic carbocycles. The first-order valence-corrected chi connectivity index (χ1v) is 10.6. The zero-order valence-corrected chi connectivity index (χ0v) is 18.3. The second-order valence-electron chi connectivity index (χ2n) is 7.53. The van der Waals surface area contributed by atoms with Gasteiger partial charge in [-0.2, -0.15) is 0 Å². The van der Waals surface area contributed by atoms with Crippen LogP contribution in [-0.2, 0) is 17.8 Å². The largest absolute Gasteiger partial charge is 0.493 e. The SMILES string of the molecule is COc1ccc(-c2ccc(CNC(=O)CCc3ccccc3)c3cnccc23)cc1OC. The molecule has 1 heterocycles. The number of hydrogen-bond donors (Lipinski definition) is 1. The zero-order valence-electron chi connectivity index (χ0n) is 18.3. The molecule has 32 heavy (non-hydrogen) atoms. The highest BCUT2D eigenvalue weighted by molar-refractivity contribution is 5.98. The van der Waals surface area contributed by atoms with Gasteiger partial charge in [-0.05, 0) is 52.3 Å². The third-order valence-electron chi connectivity index (χ3n) is 5.56. The third kappa shape index (κ3) is 4.72. The van der Waals surface area contributed by atoms with E-state index in [-0.39, 0.29) is 5.91 Å². The van der Waals surface area contributed by atoms with E-state index >= 15 is 0 Å². The molecule has 0 spiro atoms. The Morgan fingerprint density at radius 2 is 1.72 bits per heavy atom. The molecule has 0 unspecified atom stereocenters. The number of carbonyl (C=O) groups is 1. The fourth-order valence-electron chi connectivity index (χ4n) is 3.84. The molecule has 0 aliphatic rings. The number of nitrogens with zero attached hydrogens (tertiary/aromatic N) is 1. The summed E-state index contributed by atoms with van der Waals surface area (Å²) >= 11 is 0. The summed E-state index contributed by atoms with van der Waals surface area (Å²) in [6.45, 7) is 0.460. The predicted octanol–water partition coefficient (Wildman–Crippen LogP) is 5.17. The number of benzene rings is 3. The molecule has 0 atom stereocenters. The van der Waals surface area contributed by atoms with Crippen molar-refractivity contribution in [2.45, 2.75) is 19.4 Å². The molecule has 4 aromatic rings. The highest BCUT2D eigenvalue weighted by Gasteiger charge is 2.12. The number of amides is 1. The first-order chi connectivity index (χ1) is 15.7. The summed E-state index contributed by atoms with van der Waals surface area (Å²) < 4.78 is 10.8. The lowest BCUT2D eigenvalue weighted by Gasteiger charge is -2.14. The Balaban J connectivity index is 1.54. The van der Waals surface area contributed by atoms with E-state index in [4.69, 9.17) is 9.47 Å². The number of hydrogen-bond acceptors (Lipinski definition) is 4. The predicted molar refractivity (Wildman–Crippen MR) is 127 cm³/mol. The Kier molecular flexibility index (Phi) is 6.66. The van der Waals surface area contributed by atoms with Crippen molar-refractivity contribution < 1.29 is 14.3 Å². The lowest BCUT2D eigenvalue weighted by molar-refractivity contribution is -0.121. The number of fused-ring (bicyclic) bond motifs is 1. The van der Waals surface area contributed by atoms with E-state index in [1.165, 1.54) is 0 Å². The van der Waals surface area contributed by atoms with E-state index in [1.807, 2.05) is 66.9 Å². The van der Waals surface area contributed by atoms with Crippen molar-refractivity contribution in [3.63, 3.8) is 0 Å². The van der Waals surface area contributed by atoms with Crippen molar-refractivity contribution in [1.82, 2.24) is 10.3 Å². The van der Waals surface area contributed by atoms with Crippen LogP contribution < -0.4 is 14.8 Å². The van der Waals surface area contributed by atoms with E-state index in [1.54, 1.807) is 20.4 Å². The number of rotatable bonds is 8. The highest BCUT2D eigenvalue weighted by Crippen LogP contribution is 2.36. The summed E-state index contributed by atoms with van der Waals surface area (Å²) in [5.41, 5.74) is 4.29. The molecule has 4 rings (SSSR count). The van der Waals surface area contributed by atoms with Gasteiger partial charge in [-0.15, -0.1) is 0 Å². The molecule has 5 nitrogen and oxygen atoms in total. The van der Waals surface area contributed by atoms with Crippen LogP contribution >= 0.6 is 0 Å². The summed E-state index contributed by atoms with van der Waals surface area (Å²) in [6.07, 6.45) is 4.83. The summed E-state index contributed by atoms with van der Waals surface area (Å²) in [6, 6.07) is 22.1. The van der Waals surface area contributed by atoms with E-state index in [9.17, 15) is 4.79 Å². The molecule has 1 aromatic heterocycles. The van der Waals surface area contributed by atoms with Crippen molar-refractivity contribution in [3.05, 3.63) is 90.3 Å². The van der Waals surface area contributed by atoms with Crippen LogP contribution in [0.15, 0.2) is 79.1 Å². The minimum absolute atomic E-state index is 0.0369. The molecule has 0 aliphatic heterocycles. The van der Waals surface area contributed by atoms with Gasteiger partial charge in [0.2, 0.25) is 5.91 Å². The van der Waals surface area contributed by atoms with Gasteiger partial charge in [0.05, 0.1) is 14.2 Å². The zero-order chi connectivity index (χ0) is 22.3. The van der Waals surface area contributed by atoms with Gasteiger partial charge < -0.3 is 14.8 Å². The van der Waals surface area contributed by atoms with Gasteiger partial charge >= 0.3 is 0 Å². The molecule has 0 fully saturated rings. The van der Waals surface area contributed by atoms with Crippen LogP contribution in [0.5, 0.6) is 11.5 Å². The van der Waals surface area contributed by atoms with Crippen LogP contribution in [-0.4, -0.2) is 25.1 Å². The molecular formula is C27H26N2O3. The van der Waals surface area contributed by atoms with Crippen molar-refractivity contribution in [2.24, 2.45) is 0 Å². The van der Waals surface area contributed by atoms with Gasteiger partial charge in [-0.25, -0.2) is 0 Å². The van der Waals surface area contributed by atoms with E-state index in [0.29, 0.717) is 24.5 Å². The molecule has 162 valence electrons. The van der Waals surface area contributed by atoms with Crippen LogP contribution in [0.4, 0.5) is 0 Å². The molecular weight excluding hydrogens is 400 g/mol. The van der Waals surface area contributed by atoms with Crippen LogP contribution in [0.25, 0.3) is 21.9 Å². The topological polar surface area (TPSA) is 60.5 Å². The van der Waals surface area contributed by atoms with E-state index in [2.05, 4.69) is 16.4 Å². The maximum atomic E-state index is 12.4. The average molecular weight is 427 g/mol. The maximum Gasteiger partial charge on any atom is 0.220 e. The molecule has 3 aromatic carbocycles. The fraction of sp³-hybridized carbons (Fsp3) is 0.185. The standard InChI is InChI=1S/C27H26N2O3/c1-31-25-12-10-20(16-26(25)32-2)22-11-9-21(24-18-28-15-14-23(22)24)17-29-27(30)13-8-19-6-4-3-5-7-19/h3-7,9-12,14-16,18H,8,13,17H2,1-2H3,(H,29,30). The van der Waals surface area contributed by atoms with Gasteiger partial charge in [0.15, 0.2) is 11.5 Å². The second-order valence-corrected chi connectivity index (χ2v) is 7.53. The van der Waals surface area contributed by atoms with Crippen LogP contribution in [0.3, 0.4) is 0 Å². The third-order valence-corrected chi connectivity index (χ3v) is 5.56. The molecule has 0 saturated carbocycles. The number of nitrogens with one attached hydrogen (secondary N) is 1. The molecule has 1 amide bonds. The molecule has 0 radical (unpaired) electrons. The average Bonchev–Trinajstić information content (AvgIpc) is 2.86. The highest BCUT2D eigenvalue weighted by atomic mass is 16.5. The summed E-state index contributed by atoms with van der Waals surface area (Å²) in [5, 5.41) is 5.14. The maximum absolute atomic E-state index is 12.4. The minimum Gasteiger partial charge on any atom is -0.493 e. The number of ether oxygens (including phenoxy) is 2. The number of carbonyl (C=O) groups excluding carboxylic acids is 1. The van der Waals surface area contributed by atoms with Gasteiger partial charge in [0.25, 0.3) is 0 Å². The van der Waals surface area contributed by atoms with Crippen LogP contribution in [0, 0.1) is 0 Å². The minimum atomic E-state index is 0.0369. The normalized spacial score (nSPS) is 10.7. The number of pyridine rings is 1. The van der Waals surface area contributed by atoms with Crippen molar-refractivity contribution in [2.75, 3.05) is 14.2 Å². The number of methoxy groups -OCH3 is 2. The molecule has 0 saturated heterocycles. The van der Waals surface area contributed by atoms with Crippen LogP contribution in [0.1, 0.15) is 17.5 Å². The van der Waals surface area contributed by atoms with Gasteiger partial charge in [-0.1, -0.05) is 48.5 Å². The number of aromatic nitrogens is 1. The molecule has 0 bridgehead atoms. The summed E-state index contributed by atoms with van der Waals surface area (Å²) in [5.74, 6) is 1.41. The summed E-state index contributed by atoms with van der Waals surface area (Å²) in [4.78, 5) is 16.7. The van der Waals surface area contributed by atoms with E-state index in [0.717, 1.165) is 39.4 Å². The van der Waals surface area contributed by atoms with Crippen LogP contribution in [0.2, 0.25) is 0 Å². The Hall–Kier alpha value is -3.86. The summed E-state index contributed by atoms with van der Waals surface area (Å²) in [7, 11) is 3.26. The Bertz CT molecular complexity index is 1220. The first-order valence-electron chi connectivity index (χ1n) is 10.6. The Morgan fingerprint density at radius 1 is 0.906 bits per heavy atom. The van der Waals surface area contributed by atoms with E-state index < -0.39 is 0 Å². The van der Waals surface area contributed by atoms with Crippen molar-refractivity contribution in [1.29, 1.82) is 0 Å². The molecule has 5 heteroatoms. The first kappa shape index (κ1) is 21.4. The lowest BCUT2D eigenvalue weighted by atomic mass is 9.96. The smallest absolute Gasteiger partial charge is 0.220 e.